The van der Waals surface area contributed by atoms with Crippen LogP contribution in [0.25, 0.3) is 16.9 Å². The Kier molecular flexibility index (Phi) is 4.68. The zero-order valence-electron chi connectivity index (χ0n) is 13.5. The average molecular weight is 392 g/mol. The summed E-state index contributed by atoms with van der Waals surface area (Å²) in [5.41, 5.74) is 0.195. The fraction of sp³-hybridized carbons (Fsp3) is 0.267. The summed E-state index contributed by atoms with van der Waals surface area (Å²) in [5.74, 6) is -1.73. The third kappa shape index (κ3) is 3.94. The van der Waals surface area contributed by atoms with E-state index in [-0.39, 0.29) is 29.2 Å². The minimum absolute atomic E-state index is 0.00295. The highest BCUT2D eigenvalue weighted by Gasteiger charge is 2.38. The molecule has 2 aromatic heterocycles. The number of hydrogen-bond donors (Lipinski definition) is 0. The van der Waals surface area contributed by atoms with E-state index < -0.39 is 24.1 Å². The van der Waals surface area contributed by atoms with E-state index in [0.717, 1.165) is 22.7 Å². The van der Waals surface area contributed by atoms with E-state index in [9.17, 15) is 26.3 Å². The number of fused-ring (bicyclic) bond motifs is 1. The molecule has 0 saturated heterocycles. The summed E-state index contributed by atoms with van der Waals surface area (Å²) in [6.07, 6.45) is -8.55. The summed E-state index contributed by atoms with van der Waals surface area (Å²) in [6, 6.07) is 4.54. The van der Waals surface area contributed by atoms with Gasteiger partial charge < -0.3 is 9.47 Å². The Morgan fingerprint density at radius 1 is 1.00 bits per heavy atom. The van der Waals surface area contributed by atoms with Crippen LogP contribution in [0.2, 0.25) is 0 Å². The normalized spacial score (nSPS) is 12.6. The van der Waals surface area contributed by atoms with E-state index in [2.05, 4.69) is 19.9 Å². The van der Waals surface area contributed by atoms with Crippen LogP contribution in [-0.4, -0.2) is 33.1 Å². The van der Waals surface area contributed by atoms with Gasteiger partial charge in [0.25, 0.3) is 0 Å². The predicted octanol–water partition coefficient (Wildman–Crippen LogP) is 3.86. The minimum Gasteiger partial charge on any atom is -0.406 e. The van der Waals surface area contributed by atoms with Crippen molar-refractivity contribution in [2.75, 3.05) is 7.11 Å². The highest BCUT2D eigenvalue weighted by Crippen LogP contribution is 2.32. The minimum atomic E-state index is -4.86. The first kappa shape index (κ1) is 18.9. The highest BCUT2D eigenvalue weighted by atomic mass is 19.4. The summed E-state index contributed by atoms with van der Waals surface area (Å²) in [7, 11) is 1.28. The molecule has 12 heteroatoms. The summed E-state index contributed by atoms with van der Waals surface area (Å²) in [5, 5.41) is 6.59. The molecule has 0 radical (unpaired) electrons. The smallest absolute Gasteiger partial charge is 0.406 e. The number of halogens is 6. The molecule has 144 valence electrons. The van der Waals surface area contributed by atoms with Crippen LogP contribution in [0, 0.1) is 0 Å². The Morgan fingerprint density at radius 2 is 1.67 bits per heavy atom. The number of aromatic nitrogens is 4. The lowest BCUT2D eigenvalue weighted by Crippen LogP contribution is -2.17. The van der Waals surface area contributed by atoms with Gasteiger partial charge in [0, 0.05) is 12.7 Å². The van der Waals surface area contributed by atoms with Crippen LogP contribution in [-0.2, 0) is 17.5 Å². The van der Waals surface area contributed by atoms with E-state index in [1.807, 2.05) is 0 Å². The first-order chi connectivity index (χ1) is 12.6. The first-order valence-electron chi connectivity index (χ1n) is 7.25. The van der Waals surface area contributed by atoms with E-state index in [4.69, 9.17) is 4.74 Å². The molecule has 0 fully saturated rings. The molecule has 0 spiro atoms. The predicted molar refractivity (Wildman–Crippen MR) is 78.6 cm³/mol. The molecule has 2 heterocycles. The molecule has 0 bridgehead atoms. The zero-order valence-corrected chi connectivity index (χ0v) is 13.5. The number of rotatable bonds is 4. The summed E-state index contributed by atoms with van der Waals surface area (Å²) in [4.78, 5) is 4.06. The number of alkyl halides is 6. The standard InChI is InChI=1S/C15H10F6N4O2/c1-26-7-10-12(8-2-4-9(5-3-8)27-15(19,20)21)22-6-11-23-24-13(25(10)11)14(16,17)18/h2-6H,7H2,1H3. The Bertz CT molecular complexity index is 950. The maximum absolute atomic E-state index is 13.2. The molecule has 0 N–H and O–H groups in total. The molecule has 3 rings (SSSR count). The van der Waals surface area contributed by atoms with Crippen molar-refractivity contribution in [2.45, 2.75) is 19.1 Å². The second-order valence-electron chi connectivity index (χ2n) is 5.27. The van der Waals surface area contributed by atoms with Crippen LogP contribution in [0.5, 0.6) is 5.75 Å². The SMILES string of the molecule is COCc1c(-c2ccc(OC(F)(F)F)cc2)ncc2nnc(C(F)(F)F)n12. The van der Waals surface area contributed by atoms with Crippen molar-refractivity contribution in [3.8, 4) is 17.0 Å². The van der Waals surface area contributed by atoms with Gasteiger partial charge in [-0.2, -0.15) is 13.2 Å². The van der Waals surface area contributed by atoms with Crippen LogP contribution in [0.15, 0.2) is 30.5 Å². The third-order valence-corrected chi connectivity index (χ3v) is 3.44. The quantitative estimate of drug-likeness (QED) is 0.631. The molecule has 0 saturated carbocycles. The van der Waals surface area contributed by atoms with Gasteiger partial charge in [-0.3, -0.25) is 9.38 Å². The first-order valence-corrected chi connectivity index (χ1v) is 7.25. The number of nitrogens with zero attached hydrogens (tertiary/aromatic N) is 4. The van der Waals surface area contributed by atoms with E-state index in [0.29, 0.717) is 0 Å². The van der Waals surface area contributed by atoms with Crippen LogP contribution < -0.4 is 4.74 Å². The van der Waals surface area contributed by atoms with Gasteiger partial charge in [-0.1, -0.05) is 0 Å². The van der Waals surface area contributed by atoms with Gasteiger partial charge >= 0.3 is 12.5 Å². The molecule has 0 aliphatic heterocycles. The Labute approximate surface area is 147 Å². The Morgan fingerprint density at radius 3 is 2.22 bits per heavy atom. The largest absolute Gasteiger partial charge is 0.573 e. The molecular formula is C15H10F6N4O2. The number of benzene rings is 1. The maximum atomic E-state index is 13.2. The van der Waals surface area contributed by atoms with E-state index in [1.54, 1.807) is 0 Å². The summed E-state index contributed by atoms with van der Waals surface area (Å²) in [6.45, 7) is -0.262. The molecule has 0 aliphatic rings. The fourth-order valence-corrected chi connectivity index (χ4v) is 2.46. The van der Waals surface area contributed by atoms with Crippen molar-refractivity contribution in [1.82, 2.24) is 19.6 Å². The number of ether oxygens (including phenoxy) is 2. The lowest BCUT2D eigenvalue weighted by molar-refractivity contribution is -0.274. The van der Waals surface area contributed by atoms with Gasteiger partial charge in [-0.25, -0.2) is 0 Å². The van der Waals surface area contributed by atoms with Gasteiger partial charge in [0.1, 0.15) is 5.75 Å². The highest BCUT2D eigenvalue weighted by molar-refractivity contribution is 5.64. The molecule has 0 amide bonds. The van der Waals surface area contributed by atoms with Crippen LogP contribution in [0.3, 0.4) is 0 Å². The molecule has 1 aromatic carbocycles. The van der Waals surface area contributed by atoms with Crippen molar-refractivity contribution in [3.05, 3.63) is 42.0 Å². The van der Waals surface area contributed by atoms with E-state index in [1.165, 1.54) is 19.2 Å². The second kappa shape index (κ2) is 6.68. The second-order valence-corrected chi connectivity index (χ2v) is 5.27. The fourth-order valence-electron chi connectivity index (χ4n) is 2.46. The van der Waals surface area contributed by atoms with Crippen molar-refractivity contribution >= 4 is 5.65 Å². The van der Waals surface area contributed by atoms with Gasteiger partial charge in [0.05, 0.1) is 24.2 Å². The third-order valence-electron chi connectivity index (χ3n) is 3.44. The average Bonchev–Trinajstić information content (AvgIpc) is 2.99. The Balaban J connectivity index is 2.12. The van der Waals surface area contributed by atoms with Gasteiger partial charge in [-0.05, 0) is 24.3 Å². The lowest BCUT2D eigenvalue weighted by Gasteiger charge is -2.14. The topological polar surface area (TPSA) is 61.5 Å². The lowest BCUT2D eigenvalue weighted by atomic mass is 10.1. The molecule has 6 nitrogen and oxygen atoms in total. The molecule has 0 unspecified atom stereocenters. The summed E-state index contributed by atoms with van der Waals surface area (Å²) >= 11 is 0. The molecule has 0 aliphatic carbocycles. The Hall–Kier alpha value is -2.89. The molecule has 0 atom stereocenters. The molecular weight excluding hydrogens is 382 g/mol. The van der Waals surface area contributed by atoms with Crippen LogP contribution in [0.4, 0.5) is 26.3 Å². The molecule has 3 aromatic rings. The maximum Gasteiger partial charge on any atom is 0.573 e. The van der Waals surface area contributed by atoms with Crippen molar-refractivity contribution < 1.29 is 35.8 Å². The molecule has 27 heavy (non-hydrogen) atoms. The van der Waals surface area contributed by atoms with Crippen molar-refractivity contribution in [3.63, 3.8) is 0 Å². The number of methoxy groups -OCH3 is 1. The zero-order chi connectivity index (χ0) is 19.8. The van der Waals surface area contributed by atoms with Crippen molar-refractivity contribution in [2.24, 2.45) is 0 Å². The van der Waals surface area contributed by atoms with Crippen LogP contribution >= 0.6 is 0 Å². The summed E-state index contributed by atoms with van der Waals surface area (Å²) < 4.78 is 85.9. The number of hydrogen-bond acceptors (Lipinski definition) is 5. The van der Waals surface area contributed by atoms with Crippen LogP contribution in [0.1, 0.15) is 11.5 Å². The monoisotopic (exact) mass is 392 g/mol. The van der Waals surface area contributed by atoms with E-state index >= 15 is 0 Å². The van der Waals surface area contributed by atoms with Gasteiger partial charge in [0.15, 0.2) is 5.65 Å². The van der Waals surface area contributed by atoms with Gasteiger partial charge in [-0.15, -0.1) is 23.4 Å². The van der Waals surface area contributed by atoms with Gasteiger partial charge in [0.2, 0.25) is 5.82 Å². The van der Waals surface area contributed by atoms with Crippen molar-refractivity contribution in [1.29, 1.82) is 0 Å².